The molecule has 0 amide bonds. The van der Waals surface area contributed by atoms with Gasteiger partial charge in [-0.15, -0.1) is 0 Å². The maximum absolute atomic E-state index is 5.70. The van der Waals surface area contributed by atoms with Crippen molar-refractivity contribution in [2.75, 3.05) is 6.61 Å². The van der Waals surface area contributed by atoms with Crippen LogP contribution in [0.1, 0.15) is 33.1 Å². The van der Waals surface area contributed by atoms with Gasteiger partial charge in [-0.1, -0.05) is 12.1 Å². The van der Waals surface area contributed by atoms with Gasteiger partial charge >= 0.3 is 0 Å². The summed E-state index contributed by atoms with van der Waals surface area (Å²) in [5, 5.41) is 1.62. The van der Waals surface area contributed by atoms with E-state index in [2.05, 4.69) is 13.8 Å². The van der Waals surface area contributed by atoms with Crippen LogP contribution in [0.15, 0.2) is 0 Å². The predicted molar refractivity (Wildman–Crippen MR) is 46.7 cm³/mol. The third kappa shape index (κ3) is 1.94. The van der Waals surface area contributed by atoms with E-state index in [-0.39, 0.29) is 0 Å². The maximum Gasteiger partial charge on any atom is 0.230 e. The Labute approximate surface area is 64.7 Å². The quantitative estimate of drug-likeness (QED) is 0.527. The van der Waals surface area contributed by atoms with Crippen molar-refractivity contribution in [3.05, 3.63) is 0 Å². The number of hydrogen-bond donors (Lipinski definition) is 0. The molecule has 0 saturated carbocycles. The van der Waals surface area contributed by atoms with E-state index in [1.54, 1.807) is 5.17 Å². The Morgan fingerprint density at radius 2 is 2.30 bits per heavy atom. The van der Waals surface area contributed by atoms with Crippen LogP contribution in [0.3, 0.4) is 0 Å². The highest BCUT2D eigenvalue weighted by Gasteiger charge is 2.09. The van der Waals surface area contributed by atoms with E-state index in [1.807, 2.05) is 0 Å². The molecule has 0 atom stereocenters. The first-order valence-electron chi connectivity index (χ1n) is 4.16. The van der Waals surface area contributed by atoms with Gasteiger partial charge in [0, 0.05) is 0 Å². The van der Waals surface area contributed by atoms with E-state index in [4.69, 9.17) is 4.43 Å². The van der Waals surface area contributed by atoms with Crippen LogP contribution in [-0.4, -0.2) is 20.4 Å². The molecule has 58 valence electrons. The summed E-state index contributed by atoms with van der Waals surface area (Å²) in [6, 6.07) is 1.35. The molecule has 0 unspecified atom stereocenters. The van der Waals surface area contributed by atoms with Crippen LogP contribution in [0.2, 0.25) is 6.04 Å². The lowest BCUT2D eigenvalue weighted by molar-refractivity contribution is 0.300. The Bertz CT molecular complexity index is 132. The fraction of sp³-hybridized carbons (Fsp3) is 0.875. The second-order valence-electron chi connectivity index (χ2n) is 2.86. The van der Waals surface area contributed by atoms with Gasteiger partial charge in [-0.3, -0.25) is 0 Å². The van der Waals surface area contributed by atoms with Gasteiger partial charge in [-0.05, 0) is 32.2 Å². The molecule has 0 aromatic rings. The zero-order valence-corrected chi connectivity index (χ0v) is 7.94. The van der Waals surface area contributed by atoms with Crippen LogP contribution in [0.4, 0.5) is 0 Å². The van der Waals surface area contributed by atoms with Crippen LogP contribution in [0.25, 0.3) is 0 Å². The third-order valence-electron chi connectivity index (χ3n) is 2.08. The minimum Gasteiger partial charge on any atom is -0.551 e. The minimum absolute atomic E-state index is 0.460. The SMILES string of the molecule is CCC(C)=[Si]1CCCCO1. The summed E-state index contributed by atoms with van der Waals surface area (Å²) in [5.74, 6) is 0. The first-order valence-corrected chi connectivity index (χ1v) is 5.77. The van der Waals surface area contributed by atoms with E-state index < -0.39 is 8.65 Å². The number of rotatable bonds is 1. The van der Waals surface area contributed by atoms with Gasteiger partial charge in [0.05, 0.1) is 6.61 Å². The lowest BCUT2D eigenvalue weighted by Crippen LogP contribution is -2.21. The van der Waals surface area contributed by atoms with E-state index in [9.17, 15) is 0 Å². The largest absolute Gasteiger partial charge is 0.551 e. The Morgan fingerprint density at radius 1 is 1.50 bits per heavy atom. The van der Waals surface area contributed by atoms with Crippen molar-refractivity contribution in [2.45, 2.75) is 39.2 Å². The van der Waals surface area contributed by atoms with Gasteiger partial charge in [-0.25, -0.2) is 0 Å². The smallest absolute Gasteiger partial charge is 0.230 e. The van der Waals surface area contributed by atoms with Gasteiger partial charge in [0.15, 0.2) is 0 Å². The Hall–Kier alpha value is -0.113. The fourth-order valence-corrected chi connectivity index (χ4v) is 3.36. The summed E-state index contributed by atoms with van der Waals surface area (Å²) >= 11 is 0. The Balaban J connectivity index is 2.51. The Kier molecular flexibility index (Phi) is 3.13. The van der Waals surface area contributed by atoms with E-state index in [0.29, 0.717) is 0 Å². The summed E-state index contributed by atoms with van der Waals surface area (Å²) in [4.78, 5) is 0. The second-order valence-corrected chi connectivity index (χ2v) is 5.35. The average Bonchev–Trinajstić information content (AvgIpc) is 2.05. The zero-order valence-electron chi connectivity index (χ0n) is 6.94. The van der Waals surface area contributed by atoms with E-state index >= 15 is 0 Å². The van der Waals surface area contributed by atoms with Crippen LogP contribution in [-0.2, 0) is 4.43 Å². The monoisotopic (exact) mass is 156 g/mol. The maximum atomic E-state index is 5.70. The molecule has 1 aliphatic rings. The molecule has 0 radical (unpaired) electrons. The van der Waals surface area contributed by atoms with Crippen LogP contribution >= 0.6 is 0 Å². The second kappa shape index (κ2) is 3.91. The molecule has 1 fully saturated rings. The average molecular weight is 156 g/mol. The molecule has 1 nitrogen and oxygen atoms in total. The predicted octanol–water partition coefficient (Wildman–Crippen LogP) is 1.97. The standard InChI is InChI=1S/C8H16OSi/c1-3-8(2)10-7-5-4-6-9-10/h3-7H2,1-2H3. The van der Waals surface area contributed by atoms with E-state index in [1.165, 1.54) is 25.3 Å². The van der Waals surface area contributed by atoms with Crippen LogP contribution in [0, 0.1) is 0 Å². The summed E-state index contributed by atoms with van der Waals surface area (Å²) in [6.07, 6.45) is 3.89. The molecule has 1 heterocycles. The number of hydrogen-bond acceptors (Lipinski definition) is 1. The van der Waals surface area contributed by atoms with Crippen molar-refractivity contribution in [2.24, 2.45) is 0 Å². The topological polar surface area (TPSA) is 9.23 Å². The molecule has 0 bridgehead atoms. The van der Waals surface area contributed by atoms with Gasteiger partial charge < -0.3 is 4.43 Å². The molecule has 0 aromatic carbocycles. The molecule has 1 saturated heterocycles. The highest BCUT2D eigenvalue weighted by molar-refractivity contribution is 6.65. The van der Waals surface area contributed by atoms with Gasteiger partial charge in [0.2, 0.25) is 8.65 Å². The molecular weight excluding hydrogens is 140 g/mol. The lowest BCUT2D eigenvalue weighted by atomic mass is 10.4. The fourth-order valence-electron chi connectivity index (χ4n) is 1.19. The molecular formula is C8H16OSi. The van der Waals surface area contributed by atoms with Crippen molar-refractivity contribution in [1.29, 1.82) is 0 Å². The van der Waals surface area contributed by atoms with Crippen molar-refractivity contribution in [3.8, 4) is 0 Å². The third-order valence-corrected chi connectivity index (χ3v) is 4.75. The van der Waals surface area contributed by atoms with Crippen molar-refractivity contribution in [3.63, 3.8) is 0 Å². The molecule has 0 aromatic heterocycles. The summed E-state index contributed by atoms with van der Waals surface area (Å²) in [6.45, 7) is 5.50. The van der Waals surface area contributed by atoms with Crippen LogP contribution in [0.5, 0.6) is 0 Å². The molecule has 0 N–H and O–H groups in total. The summed E-state index contributed by atoms with van der Waals surface area (Å²) in [5.41, 5.74) is 0. The van der Waals surface area contributed by atoms with Gasteiger partial charge in [0.25, 0.3) is 0 Å². The van der Waals surface area contributed by atoms with Crippen molar-refractivity contribution >= 4 is 13.8 Å². The highest BCUT2D eigenvalue weighted by atomic mass is 28.3. The molecule has 0 spiro atoms. The summed E-state index contributed by atoms with van der Waals surface area (Å²) < 4.78 is 5.70. The highest BCUT2D eigenvalue weighted by Crippen LogP contribution is 2.07. The summed E-state index contributed by atoms with van der Waals surface area (Å²) in [7, 11) is -0.460. The van der Waals surface area contributed by atoms with Crippen LogP contribution < -0.4 is 0 Å². The lowest BCUT2D eigenvalue weighted by Gasteiger charge is -2.17. The molecule has 2 heteroatoms. The molecule has 10 heavy (non-hydrogen) atoms. The minimum atomic E-state index is -0.460. The molecule has 1 aliphatic heterocycles. The Morgan fingerprint density at radius 3 is 2.80 bits per heavy atom. The van der Waals surface area contributed by atoms with Gasteiger partial charge in [-0.2, -0.15) is 0 Å². The van der Waals surface area contributed by atoms with Crippen molar-refractivity contribution < 1.29 is 4.43 Å². The molecule has 1 rings (SSSR count). The first-order chi connectivity index (χ1) is 4.84. The van der Waals surface area contributed by atoms with Crippen molar-refractivity contribution in [1.82, 2.24) is 0 Å². The molecule has 0 aliphatic carbocycles. The zero-order chi connectivity index (χ0) is 7.40. The normalized spacial score (nSPS) is 23.8. The van der Waals surface area contributed by atoms with Gasteiger partial charge in [0.1, 0.15) is 0 Å². The first kappa shape index (κ1) is 7.99. The van der Waals surface area contributed by atoms with E-state index in [0.717, 1.165) is 6.61 Å².